The van der Waals surface area contributed by atoms with Crippen LogP contribution in [0.3, 0.4) is 0 Å². The molecule has 1 saturated carbocycles. The Morgan fingerprint density at radius 2 is 2.14 bits per heavy atom. The quantitative estimate of drug-likeness (QED) is 0.682. The summed E-state index contributed by atoms with van der Waals surface area (Å²) in [6, 6.07) is 11.4. The first kappa shape index (κ1) is 14.4. The summed E-state index contributed by atoms with van der Waals surface area (Å²) in [5.74, 6) is 2.58. The summed E-state index contributed by atoms with van der Waals surface area (Å²) in [5, 5.41) is 3.71. The van der Waals surface area contributed by atoms with Crippen LogP contribution in [0.2, 0.25) is 0 Å². The summed E-state index contributed by atoms with van der Waals surface area (Å²) in [7, 11) is 0. The highest BCUT2D eigenvalue weighted by atomic mass is 15.3. The van der Waals surface area contributed by atoms with E-state index in [9.17, 15) is 0 Å². The molecule has 3 unspecified atom stereocenters. The predicted octanol–water partition coefficient (Wildman–Crippen LogP) is 3.24. The Kier molecular flexibility index (Phi) is 4.47. The molecule has 1 aromatic rings. The van der Waals surface area contributed by atoms with Crippen LogP contribution < -0.4 is 5.32 Å². The first-order valence-corrected chi connectivity index (χ1v) is 8.38. The van der Waals surface area contributed by atoms with E-state index in [1.165, 1.54) is 24.8 Å². The zero-order valence-corrected chi connectivity index (χ0v) is 13.3. The summed E-state index contributed by atoms with van der Waals surface area (Å²) in [4.78, 5) is 7.18. The number of aliphatic imine (C=N–C) groups is 1. The van der Waals surface area contributed by atoms with Gasteiger partial charge in [-0.1, -0.05) is 37.3 Å². The zero-order chi connectivity index (χ0) is 14.7. The molecule has 3 atom stereocenters. The number of guanidine groups is 1. The van der Waals surface area contributed by atoms with Crippen LogP contribution in [0.15, 0.2) is 35.3 Å². The molecule has 3 heteroatoms. The van der Waals surface area contributed by atoms with Crippen molar-refractivity contribution in [2.24, 2.45) is 10.9 Å². The third kappa shape index (κ3) is 3.58. The van der Waals surface area contributed by atoms with Crippen LogP contribution in [0.1, 0.15) is 44.6 Å². The Hall–Kier alpha value is -1.51. The van der Waals surface area contributed by atoms with Gasteiger partial charge in [-0.3, -0.25) is 4.99 Å². The second kappa shape index (κ2) is 6.50. The number of nitrogens with zero attached hydrogens (tertiary/aromatic N) is 2. The molecule has 114 valence electrons. The Morgan fingerprint density at radius 1 is 1.33 bits per heavy atom. The molecule has 21 heavy (non-hydrogen) atoms. The predicted molar refractivity (Wildman–Crippen MR) is 88.7 cm³/mol. The highest BCUT2D eigenvalue weighted by Gasteiger charge is 2.39. The molecule has 0 radical (unpaired) electrons. The fourth-order valence-corrected chi connectivity index (χ4v) is 3.36. The van der Waals surface area contributed by atoms with Crippen molar-refractivity contribution in [3.63, 3.8) is 0 Å². The van der Waals surface area contributed by atoms with Gasteiger partial charge in [0.25, 0.3) is 0 Å². The molecule has 1 aliphatic heterocycles. The maximum absolute atomic E-state index is 4.72. The minimum atomic E-state index is 0.565. The van der Waals surface area contributed by atoms with Crippen LogP contribution in [0.5, 0.6) is 0 Å². The van der Waals surface area contributed by atoms with Gasteiger partial charge in [0.05, 0.1) is 0 Å². The van der Waals surface area contributed by atoms with Crippen molar-refractivity contribution in [1.29, 1.82) is 0 Å². The number of benzene rings is 1. The maximum atomic E-state index is 4.72. The van der Waals surface area contributed by atoms with Crippen LogP contribution in [-0.2, 0) is 0 Å². The standard InChI is InChI=1S/C18H27N3/c1-3-19-18(21-11-7-8-14(2)13-21)20-17-12-16(17)15-9-5-4-6-10-15/h4-6,9-10,14,16-17H,3,7-8,11-13H2,1-2H3,(H,19,20). The minimum Gasteiger partial charge on any atom is -0.353 e. The molecule has 1 saturated heterocycles. The lowest BCUT2D eigenvalue weighted by atomic mass is 10.0. The molecule has 1 aromatic carbocycles. The molecule has 3 nitrogen and oxygen atoms in total. The van der Waals surface area contributed by atoms with Crippen LogP contribution >= 0.6 is 0 Å². The van der Waals surface area contributed by atoms with Gasteiger partial charge < -0.3 is 10.2 Å². The third-order valence-electron chi connectivity index (χ3n) is 4.60. The van der Waals surface area contributed by atoms with Crippen LogP contribution in [0.25, 0.3) is 0 Å². The van der Waals surface area contributed by atoms with Gasteiger partial charge in [-0.05, 0) is 37.7 Å². The van der Waals surface area contributed by atoms with E-state index in [1.54, 1.807) is 0 Å². The molecule has 3 rings (SSSR count). The summed E-state index contributed by atoms with van der Waals surface area (Å²) in [6.45, 7) is 7.62. The Bertz CT molecular complexity index is 482. The largest absolute Gasteiger partial charge is 0.353 e. The number of likely N-dealkylation sites (tertiary alicyclic amines) is 1. The van der Waals surface area contributed by atoms with Crippen molar-refractivity contribution in [1.82, 2.24) is 10.2 Å². The maximum Gasteiger partial charge on any atom is 0.194 e. The molecule has 0 aromatic heterocycles. The molecular formula is C18H27N3. The summed E-state index contributed by atoms with van der Waals surface area (Å²) in [5.41, 5.74) is 1.46. The molecule has 1 heterocycles. The lowest BCUT2D eigenvalue weighted by Gasteiger charge is -2.33. The van der Waals surface area contributed by atoms with Gasteiger partial charge in [0, 0.05) is 31.6 Å². The SMILES string of the molecule is CCN=C(NC1CC1c1ccccc1)N1CCCC(C)C1. The van der Waals surface area contributed by atoms with Gasteiger partial charge in [-0.2, -0.15) is 0 Å². The second-order valence-corrected chi connectivity index (χ2v) is 6.50. The van der Waals surface area contributed by atoms with Gasteiger partial charge in [0.1, 0.15) is 0 Å². The van der Waals surface area contributed by atoms with Crippen molar-refractivity contribution >= 4 is 5.96 Å². The number of piperidine rings is 1. The Morgan fingerprint density at radius 3 is 2.86 bits per heavy atom. The summed E-state index contributed by atoms with van der Waals surface area (Å²) >= 11 is 0. The fraction of sp³-hybridized carbons (Fsp3) is 0.611. The van der Waals surface area contributed by atoms with Gasteiger partial charge in [-0.25, -0.2) is 0 Å². The van der Waals surface area contributed by atoms with Crippen molar-refractivity contribution in [2.75, 3.05) is 19.6 Å². The number of rotatable bonds is 3. The van der Waals surface area contributed by atoms with E-state index in [2.05, 4.69) is 54.4 Å². The molecule has 2 fully saturated rings. The average molecular weight is 285 g/mol. The summed E-state index contributed by atoms with van der Waals surface area (Å²) in [6.07, 6.45) is 3.88. The highest BCUT2D eigenvalue weighted by molar-refractivity contribution is 5.81. The van der Waals surface area contributed by atoms with E-state index in [0.717, 1.165) is 31.5 Å². The van der Waals surface area contributed by atoms with Crippen molar-refractivity contribution in [3.05, 3.63) is 35.9 Å². The molecule has 2 aliphatic rings. The van der Waals surface area contributed by atoms with Gasteiger partial charge in [0.2, 0.25) is 0 Å². The van der Waals surface area contributed by atoms with E-state index in [-0.39, 0.29) is 0 Å². The fourth-order valence-electron chi connectivity index (χ4n) is 3.36. The number of hydrogen-bond donors (Lipinski definition) is 1. The van der Waals surface area contributed by atoms with E-state index in [1.807, 2.05) is 0 Å². The molecule has 1 N–H and O–H groups in total. The topological polar surface area (TPSA) is 27.6 Å². The van der Waals surface area contributed by atoms with Crippen molar-refractivity contribution in [3.8, 4) is 0 Å². The van der Waals surface area contributed by atoms with Crippen LogP contribution in [0, 0.1) is 5.92 Å². The van der Waals surface area contributed by atoms with Gasteiger partial charge in [-0.15, -0.1) is 0 Å². The van der Waals surface area contributed by atoms with Gasteiger partial charge in [0.15, 0.2) is 5.96 Å². The third-order valence-corrected chi connectivity index (χ3v) is 4.60. The van der Waals surface area contributed by atoms with Crippen LogP contribution in [0.4, 0.5) is 0 Å². The number of nitrogens with one attached hydrogen (secondary N) is 1. The monoisotopic (exact) mass is 285 g/mol. The first-order valence-electron chi connectivity index (χ1n) is 8.38. The van der Waals surface area contributed by atoms with E-state index < -0.39 is 0 Å². The molecule has 1 aliphatic carbocycles. The Labute approximate surface area is 128 Å². The number of hydrogen-bond acceptors (Lipinski definition) is 1. The molecular weight excluding hydrogens is 258 g/mol. The highest BCUT2D eigenvalue weighted by Crippen LogP contribution is 2.40. The lowest BCUT2D eigenvalue weighted by molar-refractivity contribution is 0.265. The van der Waals surface area contributed by atoms with E-state index in [4.69, 9.17) is 4.99 Å². The van der Waals surface area contributed by atoms with E-state index >= 15 is 0 Å². The summed E-state index contributed by atoms with van der Waals surface area (Å²) < 4.78 is 0. The van der Waals surface area contributed by atoms with Gasteiger partial charge >= 0.3 is 0 Å². The first-order chi connectivity index (χ1) is 10.3. The van der Waals surface area contributed by atoms with E-state index in [0.29, 0.717) is 12.0 Å². The lowest BCUT2D eigenvalue weighted by Crippen LogP contribution is -2.47. The molecule has 0 amide bonds. The Balaban J connectivity index is 1.61. The second-order valence-electron chi connectivity index (χ2n) is 6.50. The van der Waals surface area contributed by atoms with Crippen molar-refractivity contribution in [2.45, 2.75) is 45.1 Å². The average Bonchev–Trinajstić information content (AvgIpc) is 3.27. The molecule has 0 bridgehead atoms. The zero-order valence-electron chi connectivity index (χ0n) is 13.3. The van der Waals surface area contributed by atoms with Crippen molar-refractivity contribution < 1.29 is 0 Å². The molecule has 0 spiro atoms. The van der Waals surface area contributed by atoms with Crippen LogP contribution in [-0.4, -0.2) is 36.5 Å². The minimum absolute atomic E-state index is 0.565. The normalized spacial score (nSPS) is 29.3. The smallest absolute Gasteiger partial charge is 0.194 e.